The lowest BCUT2D eigenvalue weighted by molar-refractivity contribution is 0.406. The van der Waals surface area contributed by atoms with Gasteiger partial charge in [-0.05, 0) is 29.8 Å². The van der Waals surface area contributed by atoms with E-state index >= 15 is 0 Å². The lowest BCUT2D eigenvalue weighted by atomic mass is 10.1. The van der Waals surface area contributed by atoms with Crippen LogP contribution in [0.4, 0.5) is 17.5 Å². The fraction of sp³-hybridized carbons (Fsp3) is 0.308. The molecule has 0 fully saturated rings. The molecular formula is C13H17BrClN7O. The van der Waals surface area contributed by atoms with Crippen LogP contribution < -0.4 is 27.1 Å². The van der Waals surface area contributed by atoms with Crippen molar-refractivity contribution in [2.45, 2.75) is 20.4 Å². The van der Waals surface area contributed by atoms with Gasteiger partial charge in [0.25, 0.3) is 0 Å². The molecule has 124 valence electrons. The molecule has 8 nitrogen and oxygen atoms in total. The number of hydrogen-bond donors (Lipinski definition) is 3. The van der Waals surface area contributed by atoms with E-state index in [1.807, 2.05) is 13.8 Å². The Morgan fingerprint density at radius 3 is 2.43 bits per heavy atom. The van der Waals surface area contributed by atoms with E-state index in [1.165, 1.54) is 5.01 Å². The van der Waals surface area contributed by atoms with Gasteiger partial charge in [-0.25, -0.2) is 10.8 Å². The molecule has 23 heavy (non-hydrogen) atoms. The van der Waals surface area contributed by atoms with E-state index < -0.39 is 0 Å². The highest BCUT2D eigenvalue weighted by atomic mass is 79.9. The van der Waals surface area contributed by atoms with E-state index in [1.54, 1.807) is 7.11 Å². The maximum Gasteiger partial charge on any atom is 0.223 e. The summed E-state index contributed by atoms with van der Waals surface area (Å²) in [5, 5.41) is 1.37. The molecule has 6 N–H and O–H groups in total. The van der Waals surface area contributed by atoms with Crippen LogP contribution in [-0.4, -0.2) is 22.1 Å². The number of anilines is 3. The summed E-state index contributed by atoms with van der Waals surface area (Å²) in [6, 6.07) is 0. The number of pyridine rings is 1. The molecule has 0 radical (unpaired) electrons. The lowest BCUT2D eigenvalue weighted by Crippen LogP contribution is -2.33. The van der Waals surface area contributed by atoms with Crippen molar-refractivity contribution < 1.29 is 4.74 Å². The van der Waals surface area contributed by atoms with Gasteiger partial charge in [-0.15, -0.1) is 0 Å². The average molecular weight is 403 g/mol. The Bertz CT molecular complexity index is 756. The van der Waals surface area contributed by atoms with Crippen molar-refractivity contribution in [1.82, 2.24) is 15.0 Å². The largest absolute Gasteiger partial charge is 0.496 e. The summed E-state index contributed by atoms with van der Waals surface area (Å²) in [7, 11) is 1.61. The molecule has 10 heteroatoms. The van der Waals surface area contributed by atoms with Gasteiger partial charge in [0.1, 0.15) is 16.0 Å². The van der Waals surface area contributed by atoms with Crippen molar-refractivity contribution in [3.05, 3.63) is 26.6 Å². The van der Waals surface area contributed by atoms with E-state index in [0.29, 0.717) is 10.3 Å². The Kier molecular flexibility index (Phi) is 5.12. The van der Waals surface area contributed by atoms with Gasteiger partial charge >= 0.3 is 0 Å². The van der Waals surface area contributed by atoms with Crippen LogP contribution in [0.1, 0.15) is 16.8 Å². The zero-order valence-corrected chi connectivity index (χ0v) is 15.2. The number of hydrazine groups is 1. The Hall–Kier alpha value is -1.84. The molecule has 2 rings (SSSR count). The number of rotatable bonds is 4. The second-order valence-electron chi connectivity index (χ2n) is 4.87. The number of nitrogens with two attached hydrogens (primary N) is 3. The van der Waals surface area contributed by atoms with Crippen molar-refractivity contribution in [1.29, 1.82) is 0 Å². The summed E-state index contributed by atoms with van der Waals surface area (Å²) in [4.78, 5) is 12.3. The molecule has 0 aliphatic rings. The molecule has 0 amide bonds. The van der Waals surface area contributed by atoms with Crippen molar-refractivity contribution >= 4 is 45.0 Å². The molecule has 0 atom stereocenters. The predicted octanol–water partition coefficient (Wildman–Crippen LogP) is 1.96. The summed E-state index contributed by atoms with van der Waals surface area (Å²) in [6.45, 7) is 4.05. The molecule has 2 heterocycles. The van der Waals surface area contributed by atoms with Gasteiger partial charge in [0.05, 0.1) is 19.3 Å². The highest BCUT2D eigenvalue weighted by Gasteiger charge is 2.18. The van der Waals surface area contributed by atoms with Gasteiger partial charge < -0.3 is 16.2 Å². The van der Waals surface area contributed by atoms with Crippen LogP contribution in [0.3, 0.4) is 0 Å². The number of methoxy groups -OCH3 is 1. The molecule has 2 aromatic rings. The Morgan fingerprint density at radius 1 is 1.17 bits per heavy atom. The summed E-state index contributed by atoms with van der Waals surface area (Å²) in [5.74, 6) is 7.03. The molecule has 0 saturated carbocycles. The van der Waals surface area contributed by atoms with Crippen LogP contribution >= 0.6 is 27.5 Å². The fourth-order valence-corrected chi connectivity index (χ4v) is 2.72. The van der Waals surface area contributed by atoms with Crippen LogP contribution in [0.15, 0.2) is 4.60 Å². The summed E-state index contributed by atoms with van der Waals surface area (Å²) in [5.41, 5.74) is 14.1. The van der Waals surface area contributed by atoms with Crippen molar-refractivity contribution in [2.24, 2.45) is 5.84 Å². The summed E-state index contributed by atoms with van der Waals surface area (Å²) in [6.07, 6.45) is 0. The molecule has 0 unspecified atom stereocenters. The first-order valence-corrected chi connectivity index (χ1v) is 7.73. The van der Waals surface area contributed by atoms with Gasteiger partial charge in [0, 0.05) is 11.1 Å². The molecule has 2 aromatic heterocycles. The van der Waals surface area contributed by atoms with E-state index in [2.05, 4.69) is 30.9 Å². The maximum atomic E-state index is 6.07. The van der Waals surface area contributed by atoms with Crippen LogP contribution in [0.25, 0.3) is 0 Å². The standard InChI is InChI=1S/C13H17BrClN7O/c1-5-7(19-10(14)6(2)9(5)23-3)4-22(18)12-8(16)11(15)20-13(17)21-12/h4,16,18H2,1-3H3,(H2,17,20,21). The van der Waals surface area contributed by atoms with Crippen LogP contribution in [0.5, 0.6) is 5.75 Å². The first kappa shape index (κ1) is 17.5. The number of nitrogens with zero attached hydrogens (tertiary/aromatic N) is 4. The quantitative estimate of drug-likeness (QED) is 0.306. The second kappa shape index (κ2) is 6.73. The third-order valence-corrected chi connectivity index (χ3v) is 4.41. The van der Waals surface area contributed by atoms with Gasteiger partial charge in [0.15, 0.2) is 11.0 Å². The first-order chi connectivity index (χ1) is 10.8. The molecule has 0 aliphatic carbocycles. The van der Waals surface area contributed by atoms with E-state index in [9.17, 15) is 0 Å². The lowest BCUT2D eigenvalue weighted by Gasteiger charge is -2.21. The van der Waals surface area contributed by atoms with Gasteiger partial charge in [-0.2, -0.15) is 9.97 Å². The van der Waals surface area contributed by atoms with Gasteiger partial charge in [0.2, 0.25) is 5.95 Å². The fourth-order valence-electron chi connectivity index (χ4n) is 2.15. The normalized spacial score (nSPS) is 10.7. The van der Waals surface area contributed by atoms with E-state index in [-0.39, 0.29) is 29.2 Å². The van der Waals surface area contributed by atoms with Crippen LogP contribution in [0.2, 0.25) is 5.15 Å². The zero-order chi connectivity index (χ0) is 17.3. The van der Waals surface area contributed by atoms with Crippen LogP contribution in [-0.2, 0) is 6.54 Å². The monoisotopic (exact) mass is 401 g/mol. The highest BCUT2D eigenvalue weighted by Crippen LogP contribution is 2.32. The van der Waals surface area contributed by atoms with Crippen molar-refractivity contribution in [2.75, 3.05) is 23.6 Å². The van der Waals surface area contributed by atoms with Crippen molar-refractivity contribution in [3.8, 4) is 5.75 Å². The number of ether oxygens (including phenoxy) is 1. The third kappa shape index (κ3) is 3.41. The average Bonchev–Trinajstić information content (AvgIpc) is 2.49. The number of hydrogen-bond acceptors (Lipinski definition) is 8. The second-order valence-corrected chi connectivity index (χ2v) is 5.98. The molecule has 0 saturated heterocycles. The van der Waals surface area contributed by atoms with E-state index in [4.69, 9.17) is 33.6 Å². The Balaban J connectivity index is 2.42. The Labute approximate surface area is 147 Å². The Morgan fingerprint density at radius 2 is 1.83 bits per heavy atom. The first-order valence-electron chi connectivity index (χ1n) is 6.56. The zero-order valence-electron chi connectivity index (χ0n) is 12.9. The number of halogens is 2. The molecule has 0 aliphatic heterocycles. The van der Waals surface area contributed by atoms with E-state index in [0.717, 1.165) is 16.9 Å². The number of nitrogen functional groups attached to an aromatic ring is 2. The SMILES string of the molecule is COc1c(C)c(Br)nc(CN(N)c2nc(N)nc(Cl)c2N)c1C. The van der Waals surface area contributed by atoms with Gasteiger partial charge in [-0.1, -0.05) is 11.6 Å². The molecule has 0 aromatic carbocycles. The van der Waals surface area contributed by atoms with Gasteiger partial charge in [-0.3, -0.25) is 5.01 Å². The molecule has 0 spiro atoms. The minimum atomic E-state index is -0.0120. The minimum Gasteiger partial charge on any atom is -0.496 e. The maximum absolute atomic E-state index is 6.07. The minimum absolute atomic E-state index is 0.0120. The highest BCUT2D eigenvalue weighted by molar-refractivity contribution is 9.10. The van der Waals surface area contributed by atoms with Crippen LogP contribution in [0, 0.1) is 13.8 Å². The molecule has 0 bridgehead atoms. The predicted molar refractivity (Wildman–Crippen MR) is 94.2 cm³/mol. The topological polar surface area (TPSA) is 129 Å². The molecular weight excluding hydrogens is 386 g/mol. The summed E-state index contributed by atoms with van der Waals surface area (Å²) < 4.78 is 6.10. The smallest absolute Gasteiger partial charge is 0.223 e. The van der Waals surface area contributed by atoms with Crippen molar-refractivity contribution in [3.63, 3.8) is 0 Å². The number of aromatic nitrogens is 3. The summed E-state index contributed by atoms with van der Waals surface area (Å²) >= 11 is 9.32. The third-order valence-electron chi connectivity index (χ3n) is 3.35.